The van der Waals surface area contributed by atoms with Gasteiger partial charge in [0.05, 0.1) is 24.2 Å². The molecule has 2 aromatic rings. The number of pyridine rings is 1. The molecular weight excluding hydrogens is 250 g/mol. The number of imidazole rings is 1. The molecule has 3 heterocycles. The van der Waals surface area contributed by atoms with Crippen LogP contribution in [0.2, 0.25) is 0 Å². The molecule has 4 nitrogen and oxygen atoms in total. The van der Waals surface area contributed by atoms with Crippen molar-refractivity contribution in [2.24, 2.45) is 0 Å². The van der Waals surface area contributed by atoms with E-state index in [1.807, 2.05) is 24.4 Å². The Labute approximate surface area is 111 Å². The highest BCUT2D eigenvalue weighted by Gasteiger charge is 2.24. The molecule has 0 aromatic carbocycles. The van der Waals surface area contributed by atoms with E-state index in [-0.39, 0.29) is 0 Å². The van der Waals surface area contributed by atoms with Gasteiger partial charge in [0.2, 0.25) is 0 Å². The molecule has 5 heteroatoms. The molecule has 2 aromatic heterocycles. The average molecular weight is 266 g/mol. The smallest absolute Gasteiger partial charge is 0.152 e. The number of likely N-dealkylation sites (N-methyl/N-ethyl adjacent to an activating group) is 1. The van der Waals surface area contributed by atoms with Crippen LogP contribution in [0.4, 0.5) is 5.82 Å². The fourth-order valence-corrected chi connectivity index (χ4v) is 2.69. The van der Waals surface area contributed by atoms with Crippen LogP contribution in [0.15, 0.2) is 24.4 Å². The van der Waals surface area contributed by atoms with Crippen molar-refractivity contribution < 1.29 is 4.74 Å². The molecule has 1 fully saturated rings. The van der Waals surface area contributed by atoms with Crippen molar-refractivity contribution in [1.29, 1.82) is 0 Å². The number of hydrogen-bond acceptors (Lipinski definition) is 3. The molecule has 0 spiro atoms. The molecule has 0 amide bonds. The summed E-state index contributed by atoms with van der Waals surface area (Å²) in [6, 6.07) is 6.38. The zero-order valence-electron chi connectivity index (χ0n) is 10.3. The first kappa shape index (κ1) is 11.8. The maximum absolute atomic E-state index is 6.08. The van der Waals surface area contributed by atoms with Gasteiger partial charge >= 0.3 is 0 Å². The van der Waals surface area contributed by atoms with Crippen LogP contribution in [0.5, 0.6) is 0 Å². The number of ether oxygens (including phenoxy) is 1. The Balaban J connectivity index is 2.04. The number of alkyl halides is 1. The van der Waals surface area contributed by atoms with Crippen LogP contribution in [0, 0.1) is 0 Å². The minimum absolute atomic E-state index is 0.400. The van der Waals surface area contributed by atoms with Crippen LogP contribution in [0.1, 0.15) is 12.1 Å². The summed E-state index contributed by atoms with van der Waals surface area (Å²) in [5.74, 6) is 1.42. The predicted molar refractivity (Wildman–Crippen MR) is 72.4 cm³/mol. The number of anilines is 1. The first-order valence-corrected chi connectivity index (χ1v) is 6.67. The highest BCUT2D eigenvalue weighted by Crippen LogP contribution is 2.26. The quantitative estimate of drug-likeness (QED) is 0.798. The van der Waals surface area contributed by atoms with Crippen LogP contribution in [-0.4, -0.2) is 35.7 Å². The van der Waals surface area contributed by atoms with Gasteiger partial charge in [-0.25, -0.2) is 4.98 Å². The lowest BCUT2D eigenvalue weighted by molar-refractivity contribution is 0.193. The SMILES string of the molecule is CN(c1nc2ccccn2c1CCl)C1CCOC1. The minimum atomic E-state index is 0.400. The lowest BCUT2D eigenvalue weighted by Gasteiger charge is -2.23. The molecule has 1 saturated heterocycles. The van der Waals surface area contributed by atoms with Gasteiger partial charge in [-0.1, -0.05) is 6.07 Å². The van der Waals surface area contributed by atoms with Crippen molar-refractivity contribution in [2.45, 2.75) is 18.3 Å². The second-order valence-corrected chi connectivity index (χ2v) is 4.84. The monoisotopic (exact) mass is 265 g/mol. The molecule has 0 radical (unpaired) electrons. The Kier molecular flexibility index (Phi) is 3.14. The van der Waals surface area contributed by atoms with E-state index >= 15 is 0 Å². The molecular formula is C13H16ClN3O. The molecule has 0 N–H and O–H groups in total. The van der Waals surface area contributed by atoms with E-state index in [1.54, 1.807) is 0 Å². The van der Waals surface area contributed by atoms with Gasteiger partial charge in [-0.3, -0.25) is 0 Å². The highest BCUT2D eigenvalue weighted by atomic mass is 35.5. The zero-order chi connectivity index (χ0) is 12.5. The van der Waals surface area contributed by atoms with E-state index in [0.717, 1.165) is 36.8 Å². The molecule has 1 atom stereocenters. The van der Waals surface area contributed by atoms with Crippen LogP contribution < -0.4 is 4.90 Å². The fraction of sp³-hybridized carbons (Fsp3) is 0.462. The van der Waals surface area contributed by atoms with Gasteiger partial charge < -0.3 is 14.0 Å². The number of hydrogen-bond donors (Lipinski definition) is 0. The molecule has 1 aliphatic rings. The summed E-state index contributed by atoms with van der Waals surface area (Å²) in [5.41, 5.74) is 1.98. The predicted octanol–water partition coefficient (Wildman–Crippen LogP) is 2.30. The lowest BCUT2D eigenvalue weighted by Crippen LogP contribution is -2.32. The number of aromatic nitrogens is 2. The molecule has 0 saturated carbocycles. The van der Waals surface area contributed by atoms with Crippen molar-refractivity contribution in [3.05, 3.63) is 30.1 Å². The van der Waals surface area contributed by atoms with Gasteiger partial charge in [0.1, 0.15) is 5.65 Å². The van der Waals surface area contributed by atoms with Gasteiger partial charge in [0.15, 0.2) is 5.82 Å². The maximum Gasteiger partial charge on any atom is 0.152 e. The summed E-state index contributed by atoms with van der Waals surface area (Å²) in [7, 11) is 2.07. The van der Waals surface area contributed by atoms with Crippen LogP contribution in [0.3, 0.4) is 0 Å². The third-order valence-corrected chi connectivity index (χ3v) is 3.77. The maximum atomic E-state index is 6.08. The molecule has 3 rings (SSSR count). The first-order chi connectivity index (χ1) is 8.81. The first-order valence-electron chi connectivity index (χ1n) is 6.13. The topological polar surface area (TPSA) is 29.8 Å². The van der Waals surface area contributed by atoms with Gasteiger partial charge in [0, 0.05) is 19.9 Å². The Hall–Kier alpha value is -1.26. The molecule has 18 heavy (non-hydrogen) atoms. The standard InChI is InChI=1S/C13H16ClN3O/c1-16(10-5-7-18-9-10)13-11(8-14)17-6-3-2-4-12(17)15-13/h2-4,6,10H,5,7-9H2,1H3. The number of fused-ring (bicyclic) bond motifs is 1. The second-order valence-electron chi connectivity index (χ2n) is 4.57. The Morgan fingerprint density at radius 2 is 2.44 bits per heavy atom. The average Bonchev–Trinajstić information content (AvgIpc) is 3.04. The molecule has 1 aliphatic heterocycles. The van der Waals surface area contributed by atoms with Gasteiger partial charge in [-0.05, 0) is 18.6 Å². The van der Waals surface area contributed by atoms with Crippen molar-refractivity contribution in [3.8, 4) is 0 Å². The van der Waals surface area contributed by atoms with Crippen molar-refractivity contribution in [3.63, 3.8) is 0 Å². The molecule has 1 unspecified atom stereocenters. The number of halogens is 1. The van der Waals surface area contributed by atoms with Gasteiger partial charge in [-0.15, -0.1) is 11.6 Å². The van der Waals surface area contributed by atoms with Crippen molar-refractivity contribution in [2.75, 3.05) is 25.2 Å². The summed E-state index contributed by atoms with van der Waals surface area (Å²) in [5, 5.41) is 0. The van der Waals surface area contributed by atoms with Crippen LogP contribution in [0.25, 0.3) is 5.65 Å². The van der Waals surface area contributed by atoms with Crippen LogP contribution in [-0.2, 0) is 10.6 Å². The largest absolute Gasteiger partial charge is 0.379 e. The second kappa shape index (κ2) is 4.78. The summed E-state index contributed by atoms with van der Waals surface area (Å²) in [6.45, 7) is 1.60. The Morgan fingerprint density at radius 3 is 3.17 bits per heavy atom. The third-order valence-electron chi connectivity index (χ3n) is 3.52. The zero-order valence-corrected chi connectivity index (χ0v) is 11.1. The Bertz CT molecular complexity index is 548. The third kappa shape index (κ3) is 1.85. The van der Waals surface area contributed by atoms with Gasteiger partial charge in [0.25, 0.3) is 0 Å². The minimum Gasteiger partial charge on any atom is -0.379 e. The normalized spacial score (nSPS) is 19.6. The molecule has 96 valence electrons. The van der Waals surface area contributed by atoms with E-state index in [9.17, 15) is 0 Å². The Morgan fingerprint density at radius 1 is 1.56 bits per heavy atom. The van der Waals surface area contributed by atoms with Gasteiger partial charge in [-0.2, -0.15) is 0 Å². The van der Waals surface area contributed by atoms with Crippen LogP contribution >= 0.6 is 11.6 Å². The summed E-state index contributed by atoms with van der Waals surface area (Å²) < 4.78 is 7.49. The fourth-order valence-electron chi connectivity index (χ4n) is 2.44. The van der Waals surface area contributed by atoms with E-state index in [2.05, 4.69) is 21.3 Å². The van der Waals surface area contributed by atoms with E-state index in [0.29, 0.717) is 11.9 Å². The molecule has 0 aliphatic carbocycles. The number of rotatable bonds is 3. The summed E-state index contributed by atoms with van der Waals surface area (Å²) >= 11 is 6.08. The van der Waals surface area contributed by atoms with E-state index < -0.39 is 0 Å². The number of nitrogens with zero attached hydrogens (tertiary/aromatic N) is 3. The van der Waals surface area contributed by atoms with Crippen molar-refractivity contribution in [1.82, 2.24) is 9.38 Å². The highest BCUT2D eigenvalue weighted by molar-refractivity contribution is 6.17. The lowest BCUT2D eigenvalue weighted by atomic mass is 10.2. The van der Waals surface area contributed by atoms with E-state index in [1.165, 1.54) is 0 Å². The summed E-state index contributed by atoms with van der Waals surface area (Å²) in [4.78, 5) is 6.87. The van der Waals surface area contributed by atoms with E-state index in [4.69, 9.17) is 16.3 Å². The summed E-state index contributed by atoms with van der Waals surface area (Å²) in [6.07, 6.45) is 3.05. The van der Waals surface area contributed by atoms with Crippen molar-refractivity contribution >= 4 is 23.1 Å². The molecule has 0 bridgehead atoms.